The Morgan fingerprint density at radius 2 is 2.10 bits per heavy atom. The first kappa shape index (κ1) is 14.5. The van der Waals surface area contributed by atoms with Gasteiger partial charge in [0.15, 0.2) is 0 Å². The molecule has 1 aromatic carbocycles. The minimum atomic E-state index is -0.610. The predicted molar refractivity (Wildman–Crippen MR) is 79.8 cm³/mol. The van der Waals surface area contributed by atoms with Crippen molar-refractivity contribution in [3.05, 3.63) is 35.9 Å². The maximum absolute atomic E-state index is 12.0. The lowest BCUT2D eigenvalue weighted by Crippen LogP contribution is -2.35. The van der Waals surface area contributed by atoms with Gasteiger partial charge in [-0.25, -0.2) is 0 Å². The first-order valence-electron chi connectivity index (χ1n) is 7.82. The number of carbonyl (C=O) groups is 1. The molecule has 0 heterocycles. The molecule has 4 nitrogen and oxygen atoms in total. The molecule has 4 heteroatoms. The van der Waals surface area contributed by atoms with E-state index < -0.39 is 6.10 Å². The Kier molecular flexibility index (Phi) is 4.56. The van der Waals surface area contributed by atoms with E-state index in [2.05, 4.69) is 17.4 Å². The van der Waals surface area contributed by atoms with Gasteiger partial charge in [-0.1, -0.05) is 30.3 Å². The van der Waals surface area contributed by atoms with Crippen LogP contribution in [-0.4, -0.2) is 36.9 Å². The second kappa shape index (κ2) is 6.58. The zero-order valence-electron chi connectivity index (χ0n) is 12.2. The summed E-state index contributed by atoms with van der Waals surface area (Å²) in [5.74, 6) is 1.15. The normalized spacial score (nSPS) is 25.4. The summed E-state index contributed by atoms with van der Waals surface area (Å²) in [7, 11) is 0. The molecule has 1 aromatic rings. The van der Waals surface area contributed by atoms with Gasteiger partial charge in [-0.2, -0.15) is 0 Å². The molecule has 0 aromatic heterocycles. The topological polar surface area (TPSA) is 58.6 Å². The van der Waals surface area contributed by atoms with Crippen molar-refractivity contribution in [2.24, 2.45) is 11.8 Å². The molecule has 0 aliphatic heterocycles. The molecule has 0 saturated heterocycles. The number of hydrogen-bond donors (Lipinski definition) is 2. The lowest BCUT2D eigenvalue weighted by molar-refractivity contribution is -0.123. The number of hydrogen-bond acceptors (Lipinski definition) is 3. The van der Waals surface area contributed by atoms with Gasteiger partial charge < -0.3 is 15.2 Å². The van der Waals surface area contributed by atoms with E-state index in [1.165, 1.54) is 18.4 Å². The van der Waals surface area contributed by atoms with Gasteiger partial charge in [0.25, 0.3) is 0 Å². The Morgan fingerprint density at radius 3 is 2.81 bits per heavy atom. The fourth-order valence-electron chi connectivity index (χ4n) is 2.62. The van der Waals surface area contributed by atoms with Crippen LogP contribution in [0.2, 0.25) is 0 Å². The summed E-state index contributed by atoms with van der Waals surface area (Å²) in [4.78, 5) is 12.0. The highest BCUT2D eigenvalue weighted by molar-refractivity contribution is 5.82. The third-order valence-corrected chi connectivity index (χ3v) is 4.23. The number of rotatable bonds is 8. The summed E-state index contributed by atoms with van der Waals surface area (Å²) in [6, 6.07) is 10.1. The maximum atomic E-state index is 12.0. The molecule has 0 spiro atoms. The summed E-state index contributed by atoms with van der Waals surface area (Å²) in [6.45, 7) is 1.33. The zero-order chi connectivity index (χ0) is 14.7. The van der Waals surface area contributed by atoms with Crippen molar-refractivity contribution in [2.45, 2.75) is 31.3 Å². The third kappa shape index (κ3) is 4.29. The van der Waals surface area contributed by atoms with Gasteiger partial charge >= 0.3 is 0 Å². The summed E-state index contributed by atoms with van der Waals surface area (Å²) in [5, 5.41) is 12.6. The molecule has 3 rings (SSSR count). The van der Waals surface area contributed by atoms with Crippen LogP contribution < -0.4 is 5.32 Å². The molecular formula is C17H23NO3. The SMILES string of the molecule is O=C(NC[C@H](O)COCC1CC1)[C@H]1C[C@H]1c1ccccc1. The number of benzene rings is 1. The van der Waals surface area contributed by atoms with E-state index >= 15 is 0 Å². The fraction of sp³-hybridized carbons (Fsp3) is 0.588. The summed E-state index contributed by atoms with van der Waals surface area (Å²) in [5.41, 5.74) is 1.23. The monoisotopic (exact) mass is 289 g/mol. The van der Waals surface area contributed by atoms with Crippen LogP contribution in [0.25, 0.3) is 0 Å². The molecule has 2 aliphatic rings. The predicted octanol–water partition coefficient (Wildman–Crippen LogP) is 1.69. The number of nitrogens with one attached hydrogen (secondary N) is 1. The van der Waals surface area contributed by atoms with Gasteiger partial charge in [0.1, 0.15) is 0 Å². The zero-order valence-corrected chi connectivity index (χ0v) is 12.2. The Morgan fingerprint density at radius 1 is 1.33 bits per heavy atom. The Hall–Kier alpha value is -1.39. The van der Waals surface area contributed by atoms with Crippen LogP contribution in [0.3, 0.4) is 0 Å². The first-order chi connectivity index (χ1) is 10.2. The summed E-state index contributed by atoms with van der Waals surface area (Å²) in [6.07, 6.45) is 2.79. The van der Waals surface area contributed by atoms with Crippen molar-refractivity contribution in [1.82, 2.24) is 5.32 Å². The Labute approximate surface area is 125 Å². The smallest absolute Gasteiger partial charge is 0.223 e. The number of ether oxygens (including phenoxy) is 1. The number of aliphatic hydroxyl groups is 1. The van der Waals surface area contributed by atoms with Crippen molar-refractivity contribution in [1.29, 1.82) is 0 Å². The lowest BCUT2D eigenvalue weighted by Gasteiger charge is -2.12. The molecule has 114 valence electrons. The number of aliphatic hydroxyl groups excluding tert-OH is 1. The second-order valence-corrected chi connectivity index (χ2v) is 6.24. The molecule has 2 N–H and O–H groups in total. The van der Waals surface area contributed by atoms with Gasteiger partial charge in [0.2, 0.25) is 5.91 Å². The van der Waals surface area contributed by atoms with E-state index in [0.29, 0.717) is 18.4 Å². The van der Waals surface area contributed by atoms with Crippen LogP contribution in [0.4, 0.5) is 0 Å². The average Bonchev–Trinajstić information content (AvgIpc) is 3.38. The number of carbonyl (C=O) groups excluding carboxylic acids is 1. The Bertz CT molecular complexity index is 472. The van der Waals surface area contributed by atoms with Crippen molar-refractivity contribution in [3.8, 4) is 0 Å². The maximum Gasteiger partial charge on any atom is 0.223 e. The van der Waals surface area contributed by atoms with Crippen LogP contribution in [-0.2, 0) is 9.53 Å². The fourth-order valence-corrected chi connectivity index (χ4v) is 2.62. The molecular weight excluding hydrogens is 266 g/mol. The van der Waals surface area contributed by atoms with Crippen molar-refractivity contribution in [3.63, 3.8) is 0 Å². The van der Waals surface area contributed by atoms with E-state index in [4.69, 9.17) is 4.74 Å². The molecule has 2 saturated carbocycles. The van der Waals surface area contributed by atoms with E-state index in [1.54, 1.807) is 0 Å². The highest BCUT2D eigenvalue weighted by Gasteiger charge is 2.43. The summed E-state index contributed by atoms with van der Waals surface area (Å²) < 4.78 is 5.42. The minimum absolute atomic E-state index is 0.0464. The molecule has 1 amide bonds. The highest BCUT2D eigenvalue weighted by atomic mass is 16.5. The van der Waals surface area contributed by atoms with E-state index in [0.717, 1.165) is 13.0 Å². The number of amides is 1. The van der Waals surface area contributed by atoms with E-state index in [9.17, 15) is 9.90 Å². The van der Waals surface area contributed by atoms with Gasteiger partial charge in [-0.3, -0.25) is 4.79 Å². The minimum Gasteiger partial charge on any atom is -0.389 e. The average molecular weight is 289 g/mol. The van der Waals surface area contributed by atoms with Crippen LogP contribution in [0.5, 0.6) is 0 Å². The molecule has 21 heavy (non-hydrogen) atoms. The van der Waals surface area contributed by atoms with Gasteiger partial charge in [0.05, 0.1) is 12.7 Å². The molecule has 0 bridgehead atoms. The molecule has 2 fully saturated rings. The van der Waals surface area contributed by atoms with Crippen molar-refractivity contribution in [2.75, 3.05) is 19.8 Å². The van der Waals surface area contributed by atoms with Crippen molar-refractivity contribution < 1.29 is 14.6 Å². The van der Waals surface area contributed by atoms with Gasteiger partial charge in [-0.05, 0) is 36.7 Å². The van der Waals surface area contributed by atoms with Gasteiger partial charge in [0, 0.05) is 19.1 Å². The quantitative estimate of drug-likeness (QED) is 0.766. The third-order valence-electron chi connectivity index (χ3n) is 4.23. The largest absolute Gasteiger partial charge is 0.389 e. The summed E-state index contributed by atoms with van der Waals surface area (Å²) >= 11 is 0. The van der Waals surface area contributed by atoms with Crippen LogP contribution in [0.1, 0.15) is 30.7 Å². The molecule has 0 unspecified atom stereocenters. The van der Waals surface area contributed by atoms with Crippen LogP contribution in [0.15, 0.2) is 30.3 Å². The van der Waals surface area contributed by atoms with Crippen LogP contribution in [0, 0.1) is 11.8 Å². The van der Waals surface area contributed by atoms with E-state index in [1.807, 2.05) is 18.2 Å². The standard InChI is InChI=1S/C17H23NO3/c19-14(11-21-10-12-6-7-12)9-18-17(20)16-8-15(16)13-4-2-1-3-5-13/h1-5,12,14-16,19H,6-11H2,(H,18,20)/t14-,15-,16-/m0/s1. The Balaban J connectivity index is 1.33. The lowest BCUT2D eigenvalue weighted by atomic mass is 10.1. The second-order valence-electron chi connectivity index (χ2n) is 6.24. The van der Waals surface area contributed by atoms with Gasteiger partial charge in [-0.15, -0.1) is 0 Å². The first-order valence-corrected chi connectivity index (χ1v) is 7.82. The van der Waals surface area contributed by atoms with Crippen LogP contribution >= 0.6 is 0 Å². The molecule has 0 radical (unpaired) electrons. The molecule has 3 atom stereocenters. The highest BCUT2D eigenvalue weighted by Crippen LogP contribution is 2.47. The van der Waals surface area contributed by atoms with Crippen molar-refractivity contribution >= 4 is 5.91 Å². The molecule has 2 aliphatic carbocycles. The van der Waals surface area contributed by atoms with E-state index in [-0.39, 0.29) is 18.4 Å².